The maximum Gasteiger partial charge on any atom is 0.338 e. The third kappa shape index (κ3) is 6.09. The highest BCUT2D eigenvalue weighted by Gasteiger charge is 2.12. The first-order chi connectivity index (χ1) is 12.7. The van der Waals surface area contributed by atoms with Crippen molar-refractivity contribution in [2.45, 2.75) is 23.6 Å². The summed E-state index contributed by atoms with van der Waals surface area (Å²) in [5.41, 5.74) is 0.662. The van der Waals surface area contributed by atoms with Gasteiger partial charge in [0.1, 0.15) is 11.5 Å². The molecule has 0 heterocycles. The lowest BCUT2D eigenvalue weighted by atomic mass is 10.3. The van der Waals surface area contributed by atoms with E-state index in [0.29, 0.717) is 31.6 Å². The first-order valence-electron chi connectivity index (χ1n) is 7.69. The summed E-state index contributed by atoms with van der Waals surface area (Å²) in [6.45, 7) is 10.3. The average Bonchev–Trinajstić information content (AvgIpc) is 2.59. The van der Waals surface area contributed by atoms with E-state index in [1.165, 1.54) is 11.8 Å². The normalized spacial score (nSPS) is 10.2. The highest BCUT2D eigenvalue weighted by Crippen LogP contribution is 2.37. The molecule has 0 aliphatic heterocycles. The predicted molar refractivity (Wildman–Crippen MR) is 113 cm³/mol. The third-order valence-electron chi connectivity index (χ3n) is 3.14. The average molecular weight is 512 g/mol. The molecule has 0 radical (unpaired) electrons. The highest BCUT2D eigenvalue weighted by molar-refractivity contribution is 9.11. The molecule has 0 N–H and O–H groups in total. The Morgan fingerprint density at radius 3 is 1.48 bits per heavy atom. The maximum atomic E-state index is 11.6. The van der Waals surface area contributed by atoms with Crippen molar-refractivity contribution in [2.75, 3.05) is 0 Å². The van der Waals surface area contributed by atoms with Crippen molar-refractivity contribution in [3.63, 3.8) is 0 Å². The van der Waals surface area contributed by atoms with Crippen LogP contribution >= 0.6 is 43.6 Å². The summed E-state index contributed by atoms with van der Waals surface area (Å²) in [5.74, 6) is -0.0916. The molecule has 0 aromatic heterocycles. The lowest BCUT2D eigenvalue weighted by Gasteiger charge is -2.10. The predicted octanol–water partition coefficient (Wildman–Crippen LogP) is 6.33. The Kier molecular flexibility index (Phi) is 7.47. The standard InChI is InChI=1S/C20H16Br2O4S/c1-11(2)19(23)25-17-7-5-13(9-15(17)21)27-14-6-8-18(16(22)10-14)26-20(24)12(3)4/h5-10H,1,3H2,2,4H3. The molecule has 4 nitrogen and oxygen atoms in total. The minimum atomic E-state index is -0.472. The van der Waals surface area contributed by atoms with E-state index < -0.39 is 11.9 Å². The van der Waals surface area contributed by atoms with Gasteiger partial charge < -0.3 is 9.47 Å². The van der Waals surface area contributed by atoms with Gasteiger partial charge in [0, 0.05) is 20.9 Å². The molecule has 2 aromatic rings. The van der Waals surface area contributed by atoms with E-state index in [9.17, 15) is 9.59 Å². The molecule has 0 saturated heterocycles. The summed E-state index contributed by atoms with van der Waals surface area (Å²) < 4.78 is 11.8. The molecule has 140 valence electrons. The third-order valence-corrected chi connectivity index (χ3v) is 5.36. The highest BCUT2D eigenvalue weighted by atomic mass is 79.9. The van der Waals surface area contributed by atoms with E-state index >= 15 is 0 Å². The van der Waals surface area contributed by atoms with Crippen LogP contribution in [-0.2, 0) is 9.59 Å². The first kappa shape index (κ1) is 21.5. The molecule has 0 spiro atoms. The molecule has 0 unspecified atom stereocenters. The van der Waals surface area contributed by atoms with Crippen molar-refractivity contribution in [2.24, 2.45) is 0 Å². The number of ether oxygens (including phenoxy) is 2. The van der Waals surface area contributed by atoms with Gasteiger partial charge in [-0.2, -0.15) is 0 Å². The molecule has 27 heavy (non-hydrogen) atoms. The molecule has 0 amide bonds. The van der Waals surface area contributed by atoms with Gasteiger partial charge in [0.15, 0.2) is 0 Å². The van der Waals surface area contributed by atoms with Gasteiger partial charge >= 0.3 is 11.9 Å². The quantitative estimate of drug-likeness (QED) is 0.258. The zero-order valence-electron chi connectivity index (χ0n) is 14.7. The first-order valence-corrected chi connectivity index (χ1v) is 10.1. The second kappa shape index (κ2) is 9.39. The molecule has 2 rings (SSSR count). The van der Waals surface area contributed by atoms with Gasteiger partial charge in [-0.25, -0.2) is 9.59 Å². The van der Waals surface area contributed by atoms with Crippen molar-refractivity contribution >= 4 is 55.6 Å². The Balaban J connectivity index is 2.13. The van der Waals surface area contributed by atoms with E-state index in [1.54, 1.807) is 26.0 Å². The van der Waals surface area contributed by atoms with Crippen LogP contribution in [0.2, 0.25) is 0 Å². The fraction of sp³-hybridized carbons (Fsp3) is 0.100. The molecular weight excluding hydrogens is 496 g/mol. The molecule has 0 fully saturated rings. The summed E-state index contributed by atoms with van der Waals surface area (Å²) >= 11 is 8.33. The lowest BCUT2D eigenvalue weighted by molar-refractivity contribution is -0.131. The molecule has 2 aromatic carbocycles. The SMILES string of the molecule is C=C(C)C(=O)Oc1ccc(Sc2ccc(OC(=O)C(=C)C)c(Br)c2)cc1Br. The number of carbonyl (C=O) groups excluding carboxylic acids is 2. The Morgan fingerprint density at radius 1 is 0.815 bits per heavy atom. The second-order valence-corrected chi connectivity index (χ2v) is 8.48. The van der Waals surface area contributed by atoms with Crippen molar-refractivity contribution < 1.29 is 19.1 Å². The molecule has 0 saturated carbocycles. The van der Waals surface area contributed by atoms with Crippen molar-refractivity contribution in [3.8, 4) is 11.5 Å². The van der Waals surface area contributed by atoms with Gasteiger partial charge in [-0.3, -0.25) is 0 Å². The Labute approximate surface area is 178 Å². The monoisotopic (exact) mass is 510 g/mol. The van der Waals surface area contributed by atoms with Gasteiger partial charge in [0.05, 0.1) is 8.95 Å². The van der Waals surface area contributed by atoms with Gasteiger partial charge in [-0.1, -0.05) is 24.9 Å². The number of rotatable bonds is 6. The van der Waals surface area contributed by atoms with Crippen molar-refractivity contribution in [1.82, 2.24) is 0 Å². The number of esters is 2. The number of halogens is 2. The fourth-order valence-electron chi connectivity index (χ4n) is 1.77. The Hall–Kier alpha value is -1.83. The summed E-state index contributed by atoms with van der Waals surface area (Å²) in [6.07, 6.45) is 0. The van der Waals surface area contributed by atoms with Crippen molar-refractivity contribution in [1.29, 1.82) is 0 Å². The van der Waals surface area contributed by atoms with E-state index in [-0.39, 0.29) is 0 Å². The van der Waals surface area contributed by atoms with Crippen LogP contribution < -0.4 is 9.47 Å². The number of carbonyl (C=O) groups is 2. The van der Waals surface area contributed by atoms with Gasteiger partial charge in [0.2, 0.25) is 0 Å². The summed E-state index contributed by atoms with van der Waals surface area (Å²) in [6, 6.07) is 10.8. The summed E-state index contributed by atoms with van der Waals surface area (Å²) in [5, 5.41) is 0. The summed E-state index contributed by atoms with van der Waals surface area (Å²) in [4.78, 5) is 25.1. The van der Waals surface area contributed by atoms with Gasteiger partial charge in [0.25, 0.3) is 0 Å². The topological polar surface area (TPSA) is 52.6 Å². The zero-order valence-corrected chi connectivity index (χ0v) is 18.7. The fourth-order valence-corrected chi connectivity index (χ4v) is 3.89. The van der Waals surface area contributed by atoms with Gasteiger partial charge in [-0.15, -0.1) is 0 Å². The Morgan fingerprint density at radius 2 is 1.19 bits per heavy atom. The minimum absolute atomic E-state index is 0.331. The summed E-state index contributed by atoms with van der Waals surface area (Å²) in [7, 11) is 0. The second-order valence-electron chi connectivity index (χ2n) is 5.63. The Bertz CT molecular complexity index is 862. The molecule has 0 bridgehead atoms. The van der Waals surface area contributed by atoms with Crippen LogP contribution in [0.5, 0.6) is 11.5 Å². The van der Waals surface area contributed by atoms with Crippen LogP contribution in [0.4, 0.5) is 0 Å². The number of hydrogen-bond acceptors (Lipinski definition) is 5. The smallest absolute Gasteiger partial charge is 0.338 e. The van der Waals surface area contributed by atoms with Crippen LogP contribution in [0.15, 0.2) is 79.4 Å². The molecule has 0 aliphatic rings. The van der Waals surface area contributed by atoms with Crippen LogP contribution in [0.25, 0.3) is 0 Å². The van der Waals surface area contributed by atoms with E-state index in [0.717, 1.165) is 9.79 Å². The van der Waals surface area contributed by atoms with E-state index in [4.69, 9.17) is 9.47 Å². The molecule has 0 atom stereocenters. The van der Waals surface area contributed by atoms with Gasteiger partial charge in [-0.05, 0) is 82.1 Å². The van der Waals surface area contributed by atoms with Crippen LogP contribution in [0, 0.1) is 0 Å². The zero-order chi connectivity index (χ0) is 20.1. The largest absolute Gasteiger partial charge is 0.422 e. The number of benzene rings is 2. The minimum Gasteiger partial charge on any atom is -0.422 e. The molecule has 0 aliphatic carbocycles. The van der Waals surface area contributed by atoms with Crippen LogP contribution in [-0.4, -0.2) is 11.9 Å². The molecular formula is C20H16Br2O4S. The van der Waals surface area contributed by atoms with E-state index in [2.05, 4.69) is 45.0 Å². The number of hydrogen-bond donors (Lipinski definition) is 0. The van der Waals surface area contributed by atoms with Crippen LogP contribution in [0.3, 0.4) is 0 Å². The molecule has 7 heteroatoms. The van der Waals surface area contributed by atoms with Crippen molar-refractivity contribution in [3.05, 3.63) is 69.6 Å². The maximum absolute atomic E-state index is 11.6. The van der Waals surface area contributed by atoms with E-state index in [1.807, 2.05) is 24.3 Å². The lowest BCUT2D eigenvalue weighted by Crippen LogP contribution is -2.08. The van der Waals surface area contributed by atoms with Crippen LogP contribution in [0.1, 0.15) is 13.8 Å².